The van der Waals surface area contributed by atoms with Crippen molar-refractivity contribution in [2.75, 3.05) is 0 Å². The summed E-state index contributed by atoms with van der Waals surface area (Å²) < 4.78 is 0. The average molecular weight is 265 g/mol. The lowest BCUT2D eigenvalue weighted by Gasteiger charge is -2.27. The number of rotatable bonds is 5. The van der Waals surface area contributed by atoms with Crippen LogP contribution in [0.4, 0.5) is 0 Å². The first kappa shape index (κ1) is 13.5. The van der Waals surface area contributed by atoms with Crippen LogP contribution in [0.25, 0.3) is 0 Å². The second kappa shape index (κ2) is 5.38. The molecule has 0 saturated heterocycles. The molecule has 19 heavy (non-hydrogen) atoms. The molecule has 0 aromatic heterocycles. The van der Waals surface area contributed by atoms with Gasteiger partial charge in [-0.15, -0.1) is 0 Å². The van der Waals surface area contributed by atoms with E-state index in [9.17, 15) is 9.59 Å². The molecule has 0 fully saturated rings. The van der Waals surface area contributed by atoms with E-state index in [1.54, 1.807) is 18.2 Å². The van der Waals surface area contributed by atoms with Crippen LogP contribution in [0.1, 0.15) is 28.8 Å². The Morgan fingerprint density at radius 2 is 2.00 bits per heavy atom. The number of fused-ring (bicyclic) bond motifs is 1. The van der Waals surface area contributed by atoms with E-state index in [4.69, 9.17) is 15.3 Å². The van der Waals surface area contributed by atoms with Gasteiger partial charge >= 0.3 is 5.97 Å². The van der Waals surface area contributed by atoms with Crippen molar-refractivity contribution >= 4 is 11.9 Å². The van der Waals surface area contributed by atoms with Crippen molar-refractivity contribution in [1.29, 1.82) is 0 Å². The summed E-state index contributed by atoms with van der Waals surface area (Å²) in [5.74, 6) is -1.34. The summed E-state index contributed by atoms with van der Waals surface area (Å²) in [5.41, 5.74) is 1.38. The summed E-state index contributed by atoms with van der Waals surface area (Å²) in [7, 11) is 0. The highest BCUT2D eigenvalue weighted by molar-refractivity contribution is 5.98. The molecule has 0 saturated carbocycles. The highest BCUT2D eigenvalue weighted by Gasteiger charge is 2.34. The first-order valence-electron chi connectivity index (χ1n) is 5.96. The highest BCUT2D eigenvalue weighted by atomic mass is 16.5. The zero-order valence-corrected chi connectivity index (χ0v) is 10.2. The van der Waals surface area contributed by atoms with Crippen LogP contribution in [-0.4, -0.2) is 44.4 Å². The van der Waals surface area contributed by atoms with Gasteiger partial charge in [-0.25, -0.2) is 0 Å². The molecule has 2 rings (SSSR count). The largest absolute Gasteiger partial charge is 0.481 e. The second-order valence-electron chi connectivity index (χ2n) is 4.56. The lowest BCUT2D eigenvalue weighted by molar-refractivity contribution is -0.139. The molecular formula is C13H15NO5. The number of hydrogen-bond acceptors (Lipinski definition) is 4. The van der Waals surface area contributed by atoms with Crippen molar-refractivity contribution in [2.24, 2.45) is 0 Å². The number of carboxylic acid groups (broad SMARTS) is 1. The molecular weight excluding hydrogens is 250 g/mol. The van der Waals surface area contributed by atoms with Crippen LogP contribution in [0.5, 0.6) is 0 Å². The lowest BCUT2D eigenvalue weighted by atomic mass is 10.1. The number of aliphatic hydroxyl groups excluding tert-OH is 1. The zero-order chi connectivity index (χ0) is 14.0. The molecule has 6 nitrogen and oxygen atoms in total. The molecule has 0 bridgehead atoms. The van der Waals surface area contributed by atoms with Crippen LogP contribution < -0.4 is 0 Å². The first-order valence-corrected chi connectivity index (χ1v) is 5.96. The minimum absolute atomic E-state index is 0.175. The van der Waals surface area contributed by atoms with E-state index in [1.807, 2.05) is 6.07 Å². The molecule has 1 amide bonds. The fourth-order valence-corrected chi connectivity index (χ4v) is 2.34. The number of benzene rings is 1. The summed E-state index contributed by atoms with van der Waals surface area (Å²) in [6.45, 7) is 0.305. The number of hydrogen-bond donors (Lipinski definition) is 3. The molecule has 6 heteroatoms. The number of carbonyl (C=O) groups is 2. The highest BCUT2D eigenvalue weighted by Crippen LogP contribution is 2.26. The van der Waals surface area contributed by atoms with E-state index in [-0.39, 0.29) is 18.7 Å². The fourth-order valence-electron chi connectivity index (χ4n) is 2.34. The topological polar surface area (TPSA) is 98.1 Å². The van der Waals surface area contributed by atoms with Crippen molar-refractivity contribution in [3.05, 3.63) is 35.4 Å². The van der Waals surface area contributed by atoms with Crippen molar-refractivity contribution in [2.45, 2.75) is 31.7 Å². The number of carbonyl (C=O) groups excluding carboxylic acids is 1. The van der Waals surface area contributed by atoms with Gasteiger partial charge in [-0.2, -0.15) is 0 Å². The Bertz CT molecular complexity index is 500. The summed E-state index contributed by atoms with van der Waals surface area (Å²) in [6, 6.07) is 6.32. The molecule has 0 radical (unpaired) electrons. The minimum Gasteiger partial charge on any atom is -0.481 e. The van der Waals surface area contributed by atoms with Gasteiger partial charge in [0.05, 0.1) is 6.42 Å². The van der Waals surface area contributed by atoms with Crippen LogP contribution in [-0.2, 0) is 11.3 Å². The Hall–Kier alpha value is -1.92. The molecule has 1 aliphatic rings. The molecule has 1 aliphatic heterocycles. The summed E-state index contributed by atoms with van der Waals surface area (Å²) in [5, 5.41) is 26.9. The number of carboxylic acids is 1. The van der Waals surface area contributed by atoms with E-state index in [0.29, 0.717) is 12.1 Å². The van der Waals surface area contributed by atoms with Gasteiger partial charge < -0.3 is 20.2 Å². The predicted molar refractivity (Wildman–Crippen MR) is 65.2 cm³/mol. The third-order valence-electron chi connectivity index (χ3n) is 3.18. The summed E-state index contributed by atoms with van der Waals surface area (Å²) >= 11 is 0. The van der Waals surface area contributed by atoms with Gasteiger partial charge in [-0.05, 0) is 11.6 Å². The van der Waals surface area contributed by atoms with Crippen LogP contribution >= 0.6 is 0 Å². The van der Waals surface area contributed by atoms with Crippen LogP contribution in [0.2, 0.25) is 0 Å². The molecule has 0 aliphatic carbocycles. The van der Waals surface area contributed by atoms with E-state index < -0.39 is 18.3 Å². The van der Waals surface area contributed by atoms with Gasteiger partial charge in [0.15, 0.2) is 6.29 Å². The second-order valence-corrected chi connectivity index (χ2v) is 4.56. The number of aliphatic hydroxyl groups is 2. The van der Waals surface area contributed by atoms with E-state index in [1.165, 1.54) is 4.90 Å². The van der Waals surface area contributed by atoms with Gasteiger partial charge in [0.25, 0.3) is 5.91 Å². The van der Waals surface area contributed by atoms with Gasteiger partial charge in [0.2, 0.25) is 0 Å². The molecule has 102 valence electrons. The van der Waals surface area contributed by atoms with Crippen molar-refractivity contribution < 1.29 is 24.9 Å². The Morgan fingerprint density at radius 3 is 2.58 bits per heavy atom. The third-order valence-corrected chi connectivity index (χ3v) is 3.18. The summed E-state index contributed by atoms with van der Waals surface area (Å²) in [4.78, 5) is 24.4. The van der Waals surface area contributed by atoms with E-state index >= 15 is 0 Å². The van der Waals surface area contributed by atoms with Gasteiger partial charge in [0.1, 0.15) is 0 Å². The Kier molecular flexibility index (Phi) is 3.82. The van der Waals surface area contributed by atoms with Gasteiger partial charge in [-0.3, -0.25) is 9.59 Å². The lowest BCUT2D eigenvalue weighted by Crippen LogP contribution is -2.39. The molecule has 1 unspecified atom stereocenters. The molecule has 1 atom stereocenters. The molecule has 1 heterocycles. The monoisotopic (exact) mass is 265 g/mol. The smallest absolute Gasteiger partial charge is 0.305 e. The van der Waals surface area contributed by atoms with Crippen molar-refractivity contribution in [3.63, 3.8) is 0 Å². The maximum Gasteiger partial charge on any atom is 0.305 e. The van der Waals surface area contributed by atoms with Gasteiger partial charge in [0, 0.05) is 24.6 Å². The normalized spacial score (nSPS) is 15.7. The maximum absolute atomic E-state index is 12.2. The van der Waals surface area contributed by atoms with Gasteiger partial charge in [-0.1, -0.05) is 18.2 Å². The first-order chi connectivity index (χ1) is 8.99. The van der Waals surface area contributed by atoms with Crippen molar-refractivity contribution in [1.82, 2.24) is 4.90 Å². The number of aliphatic carboxylic acids is 1. The quantitative estimate of drug-likeness (QED) is 0.660. The van der Waals surface area contributed by atoms with Crippen LogP contribution in [0.15, 0.2) is 24.3 Å². The van der Waals surface area contributed by atoms with E-state index in [0.717, 1.165) is 5.56 Å². The fraction of sp³-hybridized carbons (Fsp3) is 0.385. The molecule has 1 aromatic carbocycles. The van der Waals surface area contributed by atoms with Crippen LogP contribution in [0, 0.1) is 0 Å². The molecule has 1 aromatic rings. The number of amides is 1. The Morgan fingerprint density at radius 1 is 1.32 bits per heavy atom. The average Bonchev–Trinajstić information content (AvgIpc) is 2.65. The standard InChI is InChI=1S/C13H15NO5/c15-11(16)5-9(6-12(17)18)14-7-8-3-1-2-4-10(8)13(14)19/h1-4,9,11,15-16H,5-7H2,(H,17,18). The Balaban J connectivity index is 2.20. The maximum atomic E-state index is 12.2. The molecule has 0 spiro atoms. The minimum atomic E-state index is -1.64. The summed E-state index contributed by atoms with van der Waals surface area (Å²) in [6.07, 6.45) is -2.12. The number of nitrogens with zero attached hydrogens (tertiary/aromatic N) is 1. The Labute approximate surface area is 109 Å². The SMILES string of the molecule is O=C(O)CC(CC(O)O)N1Cc2ccccc2C1=O. The third kappa shape index (κ3) is 2.91. The van der Waals surface area contributed by atoms with Crippen LogP contribution in [0.3, 0.4) is 0 Å². The van der Waals surface area contributed by atoms with E-state index in [2.05, 4.69) is 0 Å². The zero-order valence-electron chi connectivity index (χ0n) is 10.2. The van der Waals surface area contributed by atoms with Crippen molar-refractivity contribution in [3.8, 4) is 0 Å². The molecule has 3 N–H and O–H groups in total. The predicted octanol–water partition coefficient (Wildman–Crippen LogP) is 0.186.